The molecule has 0 bridgehead atoms. The number of hydrogen-bond donors (Lipinski definition) is 0. The molecule has 0 heterocycles. The summed E-state index contributed by atoms with van der Waals surface area (Å²) in [6.45, 7) is 6.18. The van der Waals surface area contributed by atoms with Crippen LogP contribution in [-0.2, 0) is 0 Å². The third kappa shape index (κ3) is 2.98. The molecule has 0 N–H and O–H groups in total. The van der Waals surface area contributed by atoms with Gasteiger partial charge in [-0.2, -0.15) is 0 Å². The molecule has 0 amide bonds. The van der Waals surface area contributed by atoms with Gasteiger partial charge < -0.3 is 0 Å². The van der Waals surface area contributed by atoms with E-state index in [0.29, 0.717) is 0 Å². The van der Waals surface area contributed by atoms with Crippen molar-refractivity contribution in [2.24, 2.45) is 0 Å². The van der Waals surface area contributed by atoms with Crippen LogP contribution in [-0.4, -0.2) is 0 Å². The van der Waals surface area contributed by atoms with Gasteiger partial charge in [0.25, 0.3) is 0 Å². The van der Waals surface area contributed by atoms with E-state index in [2.05, 4.69) is 13.8 Å². The molecule has 1 radical (unpaired) electrons. The highest BCUT2D eigenvalue weighted by molar-refractivity contribution is 6.30. The van der Waals surface area contributed by atoms with Gasteiger partial charge in [0.05, 0.1) is 5.02 Å². The summed E-state index contributed by atoms with van der Waals surface area (Å²) in [5.41, 5.74) is 1.02. The largest absolute Gasteiger partial charge is 0.205 e. The SMILES string of the molecule is [CH2]C(CCCC)c1ccc(F)c(Cl)c1. The Kier molecular flexibility index (Phi) is 4.40. The van der Waals surface area contributed by atoms with E-state index in [-0.39, 0.29) is 16.8 Å². The minimum atomic E-state index is -0.363. The van der Waals surface area contributed by atoms with E-state index in [1.807, 2.05) is 0 Å². The van der Waals surface area contributed by atoms with Gasteiger partial charge in [-0.3, -0.25) is 0 Å². The lowest BCUT2D eigenvalue weighted by Crippen LogP contribution is -1.94. The maximum atomic E-state index is 12.9. The summed E-state index contributed by atoms with van der Waals surface area (Å²) in [7, 11) is 0. The van der Waals surface area contributed by atoms with Crippen molar-refractivity contribution in [1.82, 2.24) is 0 Å². The van der Waals surface area contributed by atoms with Gasteiger partial charge in [-0.25, -0.2) is 4.39 Å². The molecule has 0 nitrogen and oxygen atoms in total. The van der Waals surface area contributed by atoms with Crippen LogP contribution in [0.25, 0.3) is 0 Å². The molecule has 1 rings (SSSR count). The fourth-order valence-electron chi connectivity index (χ4n) is 1.38. The summed E-state index contributed by atoms with van der Waals surface area (Å²) >= 11 is 5.69. The molecule has 0 aromatic heterocycles. The molecule has 1 aromatic carbocycles. The van der Waals surface area contributed by atoms with Crippen molar-refractivity contribution < 1.29 is 4.39 Å². The Morgan fingerprint density at radius 2 is 2.21 bits per heavy atom. The predicted octanol–water partition coefficient (Wildman–Crippen LogP) is 4.59. The Morgan fingerprint density at radius 1 is 1.50 bits per heavy atom. The second kappa shape index (κ2) is 5.35. The van der Waals surface area contributed by atoms with Gasteiger partial charge in [-0.1, -0.05) is 37.4 Å². The van der Waals surface area contributed by atoms with Gasteiger partial charge in [0.2, 0.25) is 0 Å². The molecule has 0 saturated carbocycles. The monoisotopic (exact) mass is 213 g/mol. The Morgan fingerprint density at radius 3 is 2.79 bits per heavy atom. The van der Waals surface area contributed by atoms with E-state index in [4.69, 9.17) is 11.6 Å². The van der Waals surface area contributed by atoms with Crippen molar-refractivity contribution in [1.29, 1.82) is 0 Å². The zero-order valence-electron chi connectivity index (χ0n) is 8.39. The fraction of sp³-hybridized carbons (Fsp3) is 0.417. The smallest absolute Gasteiger partial charge is 0.141 e. The van der Waals surface area contributed by atoms with E-state index in [0.717, 1.165) is 24.8 Å². The van der Waals surface area contributed by atoms with Crippen LogP contribution in [0.1, 0.15) is 37.7 Å². The van der Waals surface area contributed by atoms with E-state index in [9.17, 15) is 4.39 Å². The topological polar surface area (TPSA) is 0 Å². The molecule has 1 aromatic rings. The summed E-state index contributed by atoms with van der Waals surface area (Å²) in [5, 5.41) is 0.188. The average molecular weight is 214 g/mol. The molecule has 14 heavy (non-hydrogen) atoms. The first-order chi connectivity index (χ1) is 6.65. The molecule has 0 aliphatic carbocycles. The van der Waals surface area contributed by atoms with Gasteiger partial charge in [-0.15, -0.1) is 0 Å². The molecular formula is C12H15ClF. The highest BCUT2D eigenvalue weighted by atomic mass is 35.5. The van der Waals surface area contributed by atoms with E-state index in [1.54, 1.807) is 12.1 Å². The molecule has 1 unspecified atom stereocenters. The van der Waals surface area contributed by atoms with E-state index in [1.165, 1.54) is 6.07 Å². The molecule has 1 atom stereocenters. The first-order valence-electron chi connectivity index (χ1n) is 4.93. The molecule has 77 valence electrons. The quantitative estimate of drug-likeness (QED) is 0.687. The lowest BCUT2D eigenvalue weighted by molar-refractivity contribution is 0.623. The van der Waals surface area contributed by atoms with Crippen molar-refractivity contribution in [3.8, 4) is 0 Å². The third-order valence-corrected chi connectivity index (χ3v) is 2.61. The summed E-state index contributed by atoms with van der Waals surface area (Å²) in [6, 6.07) is 4.83. The van der Waals surface area contributed by atoms with E-state index >= 15 is 0 Å². The van der Waals surface area contributed by atoms with Crippen LogP contribution >= 0.6 is 11.6 Å². The maximum Gasteiger partial charge on any atom is 0.141 e. The zero-order chi connectivity index (χ0) is 10.6. The second-order valence-corrected chi connectivity index (χ2v) is 3.92. The van der Waals surface area contributed by atoms with Crippen LogP contribution in [0.2, 0.25) is 5.02 Å². The Hall–Kier alpha value is -0.560. The lowest BCUT2D eigenvalue weighted by Gasteiger charge is -2.11. The van der Waals surface area contributed by atoms with Crippen molar-refractivity contribution in [2.45, 2.75) is 32.1 Å². The van der Waals surface area contributed by atoms with Crippen molar-refractivity contribution >= 4 is 11.6 Å². The van der Waals surface area contributed by atoms with E-state index < -0.39 is 0 Å². The number of hydrogen-bond acceptors (Lipinski definition) is 0. The molecule has 0 saturated heterocycles. The summed E-state index contributed by atoms with van der Waals surface area (Å²) < 4.78 is 12.9. The van der Waals surface area contributed by atoms with Crippen LogP contribution in [0.4, 0.5) is 4.39 Å². The summed E-state index contributed by atoms with van der Waals surface area (Å²) in [5.74, 6) is -0.147. The standard InChI is InChI=1S/C12H15ClF/c1-3-4-5-9(2)10-6-7-12(14)11(13)8-10/h6-9H,2-5H2,1H3. The molecule has 2 heteroatoms. The van der Waals surface area contributed by atoms with Gasteiger partial charge >= 0.3 is 0 Å². The van der Waals surface area contributed by atoms with Crippen molar-refractivity contribution in [2.75, 3.05) is 0 Å². The maximum absolute atomic E-state index is 12.9. The van der Waals surface area contributed by atoms with Crippen LogP contribution in [0.15, 0.2) is 18.2 Å². The minimum Gasteiger partial charge on any atom is -0.205 e. The normalized spacial score (nSPS) is 12.9. The summed E-state index contributed by atoms with van der Waals surface area (Å²) in [4.78, 5) is 0. The Bertz CT molecular complexity index is 296. The van der Waals surface area contributed by atoms with Crippen LogP contribution in [0, 0.1) is 12.7 Å². The highest BCUT2D eigenvalue weighted by Gasteiger charge is 2.07. The van der Waals surface area contributed by atoms with Gasteiger partial charge in [0.1, 0.15) is 5.82 Å². The van der Waals surface area contributed by atoms with Crippen molar-refractivity contribution in [3.05, 3.63) is 41.5 Å². The molecule has 0 spiro atoms. The van der Waals surface area contributed by atoms with Crippen molar-refractivity contribution in [3.63, 3.8) is 0 Å². The molecular weight excluding hydrogens is 199 g/mol. The minimum absolute atomic E-state index is 0.188. The number of rotatable bonds is 4. The van der Waals surface area contributed by atoms with Crippen LogP contribution < -0.4 is 0 Å². The predicted molar refractivity (Wildman–Crippen MR) is 59.0 cm³/mol. The number of unbranched alkanes of at least 4 members (excludes halogenated alkanes) is 1. The molecule has 0 fully saturated rings. The Balaban J connectivity index is 2.70. The third-order valence-electron chi connectivity index (χ3n) is 2.32. The highest BCUT2D eigenvalue weighted by Crippen LogP contribution is 2.25. The average Bonchev–Trinajstić information content (AvgIpc) is 2.18. The first-order valence-corrected chi connectivity index (χ1v) is 5.31. The number of halogens is 2. The second-order valence-electron chi connectivity index (χ2n) is 3.51. The zero-order valence-corrected chi connectivity index (χ0v) is 9.15. The van der Waals surface area contributed by atoms with Crippen LogP contribution in [0.3, 0.4) is 0 Å². The fourth-order valence-corrected chi connectivity index (χ4v) is 1.57. The molecule has 0 aliphatic rings. The van der Waals surface area contributed by atoms with Gasteiger partial charge in [0, 0.05) is 0 Å². The van der Waals surface area contributed by atoms with Gasteiger partial charge in [-0.05, 0) is 37.0 Å². The number of benzene rings is 1. The Labute approximate surface area is 90.1 Å². The lowest BCUT2D eigenvalue weighted by atomic mass is 9.96. The van der Waals surface area contributed by atoms with Crippen LogP contribution in [0.5, 0.6) is 0 Å². The molecule has 0 aliphatic heterocycles. The summed E-state index contributed by atoms with van der Waals surface area (Å²) in [6.07, 6.45) is 3.32. The first kappa shape index (κ1) is 11.5. The van der Waals surface area contributed by atoms with Gasteiger partial charge in [0.15, 0.2) is 0 Å².